The Morgan fingerprint density at radius 2 is 2.04 bits per heavy atom. The number of amides is 1. The van der Waals surface area contributed by atoms with E-state index in [9.17, 15) is 4.79 Å². The normalized spacial score (nSPS) is 12.2. The van der Waals surface area contributed by atoms with Crippen LogP contribution in [0.5, 0.6) is 0 Å². The van der Waals surface area contributed by atoms with Gasteiger partial charge >= 0.3 is 0 Å². The lowest BCUT2D eigenvalue weighted by Crippen LogP contribution is -2.33. The van der Waals surface area contributed by atoms with Gasteiger partial charge in [0.05, 0.1) is 5.75 Å². The maximum atomic E-state index is 12.0. The third-order valence-electron chi connectivity index (χ3n) is 4.14. The number of unbranched alkanes of at least 4 members (excludes halogenated alkanes) is 2. The van der Waals surface area contributed by atoms with Crippen LogP contribution in [0.2, 0.25) is 0 Å². The molecule has 0 aliphatic carbocycles. The van der Waals surface area contributed by atoms with Gasteiger partial charge in [0.15, 0.2) is 0 Å². The molecule has 2 aromatic rings. The molecule has 1 atom stereocenters. The van der Waals surface area contributed by atoms with Crippen LogP contribution < -0.4 is 5.32 Å². The van der Waals surface area contributed by atoms with Gasteiger partial charge in [-0.2, -0.15) is 0 Å². The highest BCUT2D eigenvalue weighted by atomic mass is 32.2. The summed E-state index contributed by atoms with van der Waals surface area (Å²) in [5.74, 6) is 0.769. The Bertz CT molecular complexity index is 700. The van der Waals surface area contributed by atoms with Crippen molar-refractivity contribution in [2.24, 2.45) is 0 Å². The summed E-state index contributed by atoms with van der Waals surface area (Å²) in [4.78, 5) is 12.0. The molecular formula is C19H27N3O2S. The molecule has 1 heterocycles. The van der Waals surface area contributed by atoms with Crippen molar-refractivity contribution in [3.05, 3.63) is 29.3 Å². The number of thioether (sulfide) groups is 1. The highest BCUT2D eigenvalue weighted by molar-refractivity contribution is 7.99. The number of nitrogens with zero attached hydrogens (tertiary/aromatic N) is 2. The number of benzene rings is 1. The molecule has 0 saturated heterocycles. The molecule has 0 unspecified atom stereocenters. The molecule has 1 amide bonds. The molecule has 0 fully saturated rings. The average molecular weight is 362 g/mol. The number of carbonyl (C=O) groups excluding carboxylic acids is 1. The van der Waals surface area contributed by atoms with E-state index in [0.717, 1.165) is 18.4 Å². The minimum atomic E-state index is -0.0000659. The number of rotatable bonds is 9. The van der Waals surface area contributed by atoms with Crippen molar-refractivity contribution < 1.29 is 9.21 Å². The predicted molar refractivity (Wildman–Crippen MR) is 102 cm³/mol. The monoisotopic (exact) mass is 361 g/mol. The van der Waals surface area contributed by atoms with E-state index in [-0.39, 0.29) is 17.7 Å². The van der Waals surface area contributed by atoms with E-state index in [0.29, 0.717) is 11.1 Å². The Balaban J connectivity index is 1.82. The minimum absolute atomic E-state index is 0.0000659. The second-order valence-electron chi connectivity index (χ2n) is 6.43. The quantitative estimate of drug-likeness (QED) is 0.525. The van der Waals surface area contributed by atoms with Gasteiger partial charge in [-0.25, -0.2) is 0 Å². The largest absolute Gasteiger partial charge is 0.411 e. The van der Waals surface area contributed by atoms with Crippen molar-refractivity contribution in [2.45, 2.75) is 64.6 Å². The molecule has 0 bridgehead atoms. The number of nitrogens with one attached hydrogen (secondary N) is 1. The molecule has 6 heteroatoms. The second-order valence-corrected chi connectivity index (χ2v) is 7.35. The lowest BCUT2D eigenvalue weighted by atomic mass is 10.1. The molecule has 1 aromatic heterocycles. The van der Waals surface area contributed by atoms with Crippen LogP contribution in [0.4, 0.5) is 0 Å². The van der Waals surface area contributed by atoms with E-state index >= 15 is 0 Å². The van der Waals surface area contributed by atoms with Crippen molar-refractivity contribution in [1.29, 1.82) is 0 Å². The first-order valence-corrected chi connectivity index (χ1v) is 9.81. The van der Waals surface area contributed by atoms with E-state index in [1.165, 1.54) is 35.7 Å². The van der Waals surface area contributed by atoms with Gasteiger partial charge in [0.25, 0.3) is 5.22 Å². The fraction of sp³-hybridized carbons (Fsp3) is 0.526. The zero-order valence-electron chi connectivity index (χ0n) is 15.5. The van der Waals surface area contributed by atoms with Crippen molar-refractivity contribution in [3.63, 3.8) is 0 Å². The first-order valence-electron chi connectivity index (χ1n) is 8.83. The van der Waals surface area contributed by atoms with E-state index in [1.54, 1.807) is 0 Å². The zero-order chi connectivity index (χ0) is 18.2. The first kappa shape index (κ1) is 19.5. The first-order chi connectivity index (χ1) is 12.0. The molecule has 0 aliphatic rings. The topological polar surface area (TPSA) is 68.0 Å². The Labute approximate surface area is 154 Å². The Hall–Kier alpha value is -1.82. The predicted octanol–water partition coefficient (Wildman–Crippen LogP) is 4.53. The summed E-state index contributed by atoms with van der Waals surface area (Å²) in [6, 6.07) is 6.24. The number of carbonyl (C=O) groups is 1. The summed E-state index contributed by atoms with van der Waals surface area (Å²) in [5.41, 5.74) is 3.31. The number of aryl methyl sites for hydroxylation is 2. The molecule has 1 aromatic carbocycles. The molecule has 1 N–H and O–H groups in total. The maximum Gasteiger partial charge on any atom is 0.277 e. The Kier molecular flexibility index (Phi) is 7.50. The minimum Gasteiger partial charge on any atom is -0.411 e. The highest BCUT2D eigenvalue weighted by Gasteiger charge is 2.13. The average Bonchev–Trinajstić information content (AvgIpc) is 3.05. The van der Waals surface area contributed by atoms with Crippen LogP contribution in [-0.4, -0.2) is 27.9 Å². The fourth-order valence-electron chi connectivity index (χ4n) is 2.48. The van der Waals surface area contributed by atoms with Crippen molar-refractivity contribution >= 4 is 17.7 Å². The molecule has 0 radical (unpaired) electrons. The third-order valence-corrected chi connectivity index (χ3v) is 4.95. The van der Waals surface area contributed by atoms with Crippen LogP contribution in [0.3, 0.4) is 0 Å². The van der Waals surface area contributed by atoms with Crippen molar-refractivity contribution in [3.8, 4) is 11.5 Å². The Morgan fingerprint density at radius 3 is 2.76 bits per heavy atom. The van der Waals surface area contributed by atoms with E-state index in [4.69, 9.17) is 4.42 Å². The molecule has 0 aliphatic heterocycles. The van der Waals surface area contributed by atoms with Crippen LogP contribution >= 0.6 is 11.8 Å². The number of hydrogen-bond donors (Lipinski definition) is 1. The number of hydrogen-bond acceptors (Lipinski definition) is 5. The summed E-state index contributed by atoms with van der Waals surface area (Å²) >= 11 is 1.27. The van der Waals surface area contributed by atoms with E-state index < -0.39 is 0 Å². The summed E-state index contributed by atoms with van der Waals surface area (Å²) < 4.78 is 5.66. The summed E-state index contributed by atoms with van der Waals surface area (Å²) in [5, 5.41) is 11.5. The smallest absolute Gasteiger partial charge is 0.277 e. The summed E-state index contributed by atoms with van der Waals surface area (Å²) in [6.07, 6.45) is 4.56. The van der Waals surface area contributed by atoms with E-state index in [1.807, 2.05) is 25.1 Å². The molecular weight excluding hydrogens is 334 g/mol. The van der Waals surface area contributed by atoms with Crippen LogP contribution in [0.15, 0.2) is 27.8 Å². The van der Waals surface area contributed by atoms with Gasteiger partial charge in [-0.15, -0.1) is 10.2 Å². The highest BCUT2D eigenvalue weighted by Crippen LogP contribution is 2.24. The van der Waals surface area contributed by atoms with Crippen LogP contribution in [0.1, 0.15) is 50.7 Å². The number of aromatic nitrogens is 2. The van der Waals surface area contributed by atoms with Crippen molar-refractivity contribution in [2.75, 3.05) is 5.75 Å². The van der Waals surface area contributed by atoms with Crippen LogP contribution in [0.25, 0.3) is 11.5 Å². The van der Waals surface area contributed by atoms with Gasteiger partial charge in [-0.3, -0.25) is 4.79 Å². The Morgan fingerprint density at radius 1 is 1.24 bits per heavy atom. The van der Waals surface area contributed by atoms with Crippen LogP contribution in [-0.2, 0) is 4.79 Å². The lowest BCUT2D eigenvalue weighted by molar-refractivity contribution is -0.119. The van der Waals surface area contributed by atoms with E-state index in [2.05, 4.69) is 36.3 Å². The fourth-order valence-corrected chi connectivity index (χ4v) is 3.05. The van der Waals surface area contributed by atoms with Gasteiger partial charge in [0.2, 0.25) is 11.8 Å². The molecule has 0 saturated carbocycles. The summed E-state index contributed by atoms with van der Waals surface area (Å²) in [6.45, 7) is 8.34. The van der Waals surface area contributed by atoms with Gasteiger partial charge in [-0.05, 0) is 50.5 Å². The molecule has 136 valence electrons. The van der Waals surface area contributed by atoms with Crippen molar-refractivity contribution in [1.82, 2.24) is 15.5 Å². The van der Waals surface area contributed by atoms with Crippen LogP contribution in [0, 0.1) is 13.8 Å². The second kappa shape index (κ2) is 9.61. The summed E-state index contributed by atoms with van der Waals surface area (Å²) in [7, 11) is 0. The van der Waals surface area contributed by atoms with Gasteiger partial charge in [0, 0.05) is 11.6 Å². The standard InChI is InChI=1S/C19H27N3O2S/c1-5-6-7-8-15(4)20-17(23)12-25-19-22-21-18(24-19)16-10-9-13(2)14(3)11-16/h9-11,15H,5-8,12H2,1-4H3,(H,20,23)/t15-/m1/s1. The zero-order valence-corrected chi connectivity index (χ0v) is 16.3. The SMILES string of the molecule is CCCCC[C@@H](C)NC(=O)CSc1nnc(-c2ccc(C)c(C)c2)o1. The maximum absolute atomic E-state index is 12.0. The van der Waals surface area contributed by atoms with Gasteiger partial charge < -0.3 is 9.73 Å². The molecule has 25 heavy (non-hydrogen) atoms. The molecule has 0 spiro atoms. The van der Waals surface area contributed by atoms with Gasteiger partial charge in [0.1, 0.15) is 0 Å². The molecule has 5 nitrogen and oxygen atoms in total. The third kappa shape index (κ3) is 6.20. The lowest BCUT2D eigenvalue weighted by Gasteiger charge is -2.12. The molecule has 2 rings (SSSR count). The van der Waals surface area contributed by atoms with Gasteiger partial charge in [-0.1, -0.05) is 44.0 Å².